The highest BCUT2D eigenvalue weighted by molar-refractivity contribution is 6.04. The Morgan fingerprint density at radius 3 is 3.06 bits per heavy atom. The number of nitrogens with zero attached hydrogens (tertiary/aromatic N) is 2. The van der Waals surface area contributed by atoms with E-state index in [0.717, 1.165) is 5.52 Å². The molecule has 0 aromatic carbocycles. The number of anilines is 1. The molecule has 90 valence electrons. The Hall–Kier alpha value is -2.56. The molecular weight excluding hydrogens is 228 g/mol. The van der Waals surface area contributed by atoms with E-state index in [9.17, 15) is 4.79 Å². The van der Waals surface area contributed by atoms with Crippen LogP contribution in [-0.2, 0) is 0 Å². The number of aromatic amines is 1. The number of carbonyl (C=O) groups is 1. The Balaban J connectivity index is 1.91. The molecule has 0 spiro atoms. The van der Waals surface area contributed by atoms with Crippen LogP contribution in [0, 0.1) is 6.92 Å². The monoisotopic (exact) mass is 240 g/mol. The van der Waals surface area contributed by atoms with Gasteiger partial charge in [0.1, 0.15) is 0 Å². The number of H-pyrrole nitrogens is 1. The van der Waals surface area contributed by atoms with E-state index in [-0.39, 0.29) is 5.91 Å². The molecule has 0 fully saturated rings. The summed E-state index contributed by atoms with van der Waals surface area (Å²) < 4.78 is 1.94. The zero-order valence-electron chi connectivity index (χ0n) is 9.84. The van der Waals surface area contributed by atoms with Gasteiger partial charge in [-0.3, -0.25) is 9.89 Å². The van der Waals surface area contributed by atoms with Gasteiger partial charge in [-0.05, 0) is 30.7 Å². The first kappa shape index (κ1) is 10.6. The summed E-state index contributed by atoms with van der Waals surface area (Å²) in [5.74, 6) is -0.148. The van der Waals surface area contributed by atoms with E-state index >= 15 is 0 Å². The minimum Gasteiger partial charge on any atom is -0.323 e. The van der Waals surface area contributed by atoms with Crippen LogP contribution in [0.25, 0.3) is 5.52 Å². The second-order valence-electron chi connectivity index (χ2n) is 4.21. The fraction of sp³-hybridized carbons (Fsp3) is 0.0769. The Morgan fingerprint density at radius 1 is 1.39 bits per heavy atom. The summed E-state index contributed by atoms with van der Waals surface area (Å²) >= 11 is 0. The highest BCUT2D eigenvalue weighted by Gasteiger charge is 2.07. The maximum atomic E-state index is 12.0. The first-order valence-electron chi connectivity index (χ1n) is 5.61. The molecule has 3 aromatic heterocycles. The number of nitrogens with one attached hydrogen (secondary N) is 2. The van der Waals surface area contributed by atoms with Crippen molar-refractivity contribution >= 4 is 17.1 Å². The summed E-state index contributed by atoms with van der Waals surface area (Å²) in [6.45, 7) is 2.03. The van der Waals surface area contributed by atoms with E-state index in [0.29, 0.717) is 11.3 Å². The minimum absolute atomic E-state index is 0.148. The SMILES string of the molecule is Cc1cc2ccc(C(=O)Nc3cn[nH]c3)cn2c1. The summed E-state index contributed by atoms with van der Waals surface area (Å²) in [6.07, 6.45) is 7.01. The molecule has 0 aliphatic carbocycles. The third-order valence-corrected chi connectivity index (χ3v) is 2.75. The predicted molar refractivity (Wildman–Crippen MR) is 68.7 cm³/mol. The van der Waals surface area contributed by atoms with Gasteiger partial charge in [-0.15, -0.1) is 0 Å². The molecule has 0 radical (unpaired) electrons. The van der Waals surface area contributed by atoms with Gasteiger partial charge in [0, 0.05) is 24.1 Å². The molecule has 5 nitrogen and oxygen atoms in total. The number of fused-ring (bicyclic) bond motifs is 1. The average Bonchev–Trinajstić information content (AvgIpc) is 2.95. The molecule has 0 saturated carbocycles. The average molecular weight is 240 g/mol. The Kier molecular flexibility index (Phi) is 2.37. The second-order valence-corrected chi connectivity index (χ2v) is 4.21. The van der Waals surface area contributed by atoms with Gasteiger partial charge in [0.05, 0.1) is 17.4 Å². The van der Waals surface area contributed by atoms with E-state index in [4.69, 9.17) is 0 Å². The largest absolute Gasteiger partial charge is 0.323 e. The van der Waals surface area contributed by atoms with Gasteiger partial charge in [0.25, 0.3) is 5.91 Å². The van der Waals surface area contributed by atoms with Crippen molar-refractivity contribution in [1.29, 1.82) is 0 Å². The molecule has 5 heteroatoms. The van der Waals surface area contributed by atoms with E-state index in [1.165, 1.54) is 5.56 Å². The van der Waals surface area contributed by atoms with Crippen LogP contribution in [0.15, 0.2) is 43.0 Å². The predicted octanol–water partition coefficient (Wildman–Crippen LogP) is 2.22. The smallest absolute Gasteiger partial charge is 0.257 e. The van der Waals surface area contributed by atoms with Crippen LogP contribution in [-0.4, -0.2) is 20.5 Å². The summed E-state index contributed by atoms with van der Waals surface area (Å²) in [6, 6.07) is 5.80. The van der Waals surface area contributed by atoms with Crippen LogP contribution in [0.5, 0.6) is 0 Å². The van der Waals surface area contributed by atoms with Gasteiger partial charge in [-0.2, -0.15) is 5.10 Å². The number of carbonyl (C=O) groups excluding carboxylic acids is 1. The van der Waals surface area contributed by atoms with Crippen molar-refractivity contribution in [3.63, 3.8) is 0 Å². The lowest BCUT2D eigenvalue weighted by molar-refractivity contribution is 0.102. The van der Waals surface area contributed by atoms with Crippen LogP contribution in [0.4, 0.5) is 5.69 Å². The summed E-state index contributed by atoms with van der Waals surface area (Å²) in [7, 11) is 0. The number of hydrogen-bond acceptors (Lipinski definition) is 2. The maximum Gasteiger partial charge on any atom is 0.257 e. The highest BCUT2D eigenvalue weighted by Crippen LogP contribution is 2.12. The van der Waals surface area contributed by atoms with Crippen molar-refractivity contribution in [2.45, 2.75) is 6.92 Å². The Labute approximate surface area is 103 Å². The van der Waals surface area contributed by atoms with Crippen LogP contribution < -0.4 is 5.32 Å². The van der Waals surface area contributed by atoms with Crippen LogP contribution >= 0.6 is 0 Å². The van der Waals surface area contributed by atoms with Crippen molar-refractivity contribution in [2.75, 3.05) is 5.32 Å². The van der Waals surface area contributed by atoms with Crippen LogP contribution in [0.3, 0.4) is 0 Å². The molecule has 3 rings (SSSR count). The van der Waals surface area contributed by atoms with Gasteiger partial charge in [0.2, 0.25) is 0 Å². The van der Waals surface area contributed by atoms with Crippen LogP contribution in [0.2, 0.25) is 0 Å². The van der Waals surface area contributed by atoms with Gasteiger partial charge < -0.3 is 9.72 Å². The third kappa shape index (κ3) is 1.86. The van der Waals surface area contributed by atoms with Gasteiger partial charge >= 0.3 is 0 Å². The molecule has 18 heavy (non-hydrogen) atoms. The third-order valence-electron chi connectivity index (χ3n) is 2.75. The summed E-state index contributed by atoms with van der Waals surface area (Å²) in [4.78, 5) is 12.0. The molecule has 2 N–H and O–H groups in total. The zero-order valence-corrected chi connectivity index (χ0v) is 9.84. The van der Waals surface area contributed by atoms with Crippen molar-refractivity contribution in [1.82, 2.24) is 14.6 Å². The zero-order chi connectivity index (χ0) is 12.5. The summed E-state index contributed by atoms with van der Waals surface area (Å²) in [5.41, 5.74) is 3.51. The molecule has 0 unspecified atom stereocenters. The number of aryl methyl sites for hydroxylation is 1. The number of hydrogen-bond donors (Lipinski definition) is 2. The quantitative estimate of drug-likeness (QED) is 0.721. The lowest BCUT2D eigenvalue weighted by Gasteiger charge is -2.03. The van der Waals surface area contributed by atoms with E-state index in [1.54, 1.807) is 12.4 Å². The first-order chi connectivity index (χ1) is 8.72. The lowest BCUT2D eigenvalue weighted by atomic mass is 10.2. The van der Waals surface area contributed by atoms with E-state index in [1.807, 2.05) is 35.9 Å². The lowest BCUT2D eigenvalue weighted by Crippen LogP contribution is -2.11. The molecule has 3 aromatic rings. The second kappa shape index (κ2) is 4.03. The van der Waals surface area contributed by atoms with E-state index < -0.39 is 0 Å². The highest BCUT2D eigenvalue weighted by atomic mass is 16.1. The van der Waals surface area contributed by atoms with Gasteiger partial charge in [-0.1, -0.05) is 0 Å². The Bertz CT molecular complexity index is 697. The van der Waals surface area contributed by atoms with Crippen molar-refractivity contribution in [3.8, 4) is 0 Å². The molecule has 3 heterocycles. The molecule has 0 atom stereocenters. The number of pyridine rings is 1. The fourth-order valence-electron chi connectivity index (χ4n) is 1.91. The normalized spacial score (nSPS) is 10.7. The van der Waals surface area contributed by atoms with E-state index in [2.05, 4.69) is 21.6 Å². The van der Waals surface area contributed by atoms with Crippen molar-refractivity contribution in [3.05, 3.63) is 54.1 Å². The molecule has 0 aliphatic heterocycles. The number of aromatic nitrogens is 3. The minimum atomic E-state index is -0.148. The van der Waals surface area contributed by atoms with Crippen molar-refractivity contribution in [2.24, 2.45) is 0 Å². The first-order valence-corrected chi connectivity index (χ1v) is 5.61. The Morgan fingerprint density at radius 2 is 2.28 bits per heavy atom. The molecule has 1 amide bonds. The number of amides is 1. The van der Waals surface area contributed by atoms with Gasteiger partial charge in [-0.25, -0.2) is 0 Å². The fourth-order valence-corrected chi connectivity index (χ4v) is 1.91. The molecule has 0 aliphatic rings. The van der Waals surface area contributed by atoms with Crippen LogP contribution in [0.1, 0.15) is 15.9 Å². The number of rotatable bonds is 2. The van der Waals surface area contributed by atoms with Crippen molar-refractivity contribution < 1.29 is 4.79 Å². The molecular formula is C13H12N4O. The molecule has 0 saturated heterocycles. The summed E-state index contributed by atoms with van der Waals surface area (Å²) in [5, 5.41) is 9.19. The standard InChI is InChI=1S/C13H12N4O/c1-9-4-12-3-2-10(8-17(12)7-9)13(18)16-11-5-14-15-6-11/h2-8H,1H3,(H,14,15)(H,16,18). The molecule has 0 bridgehead atoms. The maximum absolute atomic E-state index is 12.0. The van der Waals surface area contributed by atoms with Gasteiger partial charge in [0.15, 0.2) is 0 Å². The topological polar surface area (TPSA) is 62.2 Å².